The molecule has 0 aliphatic carbocycles. The van der Waals surface area contributed by atoms with Crippen molar-refractivity contribution >= 4 is 11.0 Å². The average molecular weight is 304 g/mol. The van der Waals surface area contributed by atoms with Crippen LogP contribution in [0.1, 0.15) is 96.8 Å². The first-order valence-electron chi connectivity index (χ1n) is 8.84. The molecule has 0 aromatic rings. The summed E-state index contributed by atoms with van der Waals surface area (Å²) in [5.41, 5.74) is 0. The number of rotatable bonds is 16. The Morgan fingerprint density at radius 1 is 0.650 bits per heavy atom. The summed E-state index contributed by atoms with van der Waals surface area (Å²) in [6, 6.07) is 0. The third kappa shape index (κ3) is 18.1. The molecule has 0 aliphatic rings. The van der Waals surface area contributed by atoms with Gasteiger partial charge < -0.3 is 0 Å². The fraction of sp³-hybridized carbons (Fsp3) is 1.00. The van der Waals surface area contributed by atoms with Crippen LogP contribution in [-0.2, 0) is 11.0 Å². The summed E-state index contributed by atoms with van der Waals surface area (Å²) in [5, 5.41) is 0. The minimum absolute atomic E-state index is 0.832. The van der Waals surface area contributed by atoms with Crippen LogP contribution in [0.25, 0.3) is 0 Å². The predicted molar refractivity (Wildman–Crippen MR) is 92.4 cm³/mol. The van der Waals surface area contributed by atoms with Gasteiger partial charge in [-0.05, 0) is 6.42 Å². The topological polar surface area (TPSA) is 29.1 Å². The second-order valence-electron chi connectivity index (χ2n) is 5.94. The van der Waals surface area contributed by atoms with Crippen LogP contribution in [0.15, 0.2) is 0 Å². The van der Waals surface area contributed by atoms with E-state index in [1.807, 2.05) is 0 Å². The first kappa shape index (κ1) is 20.1. The van der Waals surface area contributed by atoms with Gasteiger partial charge in [0.2, 0.25) is 0 Å². The van der Waals surface area contributed by atoms with Gasteiger partial charge in [-0.3, -0.25) is 0 Å². The second-order valence-corrected chi connectivity index (χ2v) is 7.14. The molecule has 122 valence electrons. The summed E-state index contributed by atoms with van der Waals surface area (Å²) in [6.07, 6.45) is 21.1. The quantitative estimate of drug-likeness (QED) is 0.383. The SMILES string of the molecule is CCCCCCCCCCCCCCCCNS(C)=O. The van der Waals surface area contributed by atoms with Crippen LogP contribution >= 0.6 is 0 Å². The fourth-order valence-corrected chi connectivity index (χ4v) is 2.97. The van der Waals surface area contributed by atoms with E-state index in [1.54, 1.807) is 6.26 Å². The van der Waals surface area contributed by atoms with Gasteiger partial charge >= 0.3 is 0 Å². The van der Waals surface area contributed by atoms with E-state index in [4.69, 9.17) is 0 Å². The van der Waals surface area contributed by atoms with E-state index in [9.17, 15) is 4.21 Å². The smallest absolute Gasteiger partial charge is 0.0883 e. The van der Waals surface area contributed by atoms with E-state index >= 15 is 0 Å². The Bertz CT molecular complexity index is 209. The van der Waals surface area contributed by atoms with E-state index in [0.29, 0.717) is 0 Å². The molecule has 0 amide bonds. The van der Waals surface area contributed by atoms with Crippen LogP contribution in [0.2, 0.25) is 0 Å². The lowest BCUT2D eigenvalue weighted by molar-refractivity contribution is 0.535. The molecule has 1 atom stereocenters. The van der Waals surface area contributed by atoms with Gasteiger partial charge in [0.05, 0.1) is 11.0 Å². The molecule has 0 rings (SSSR count). The molecule has 0 spiro atoms. The summed E-state index contributed by atoms with van der Waals surface area (Å²) in [6.45, 7) is 3.18. The zero-order valence-electron chi connectivity index (χ0n) is 13.9. The molecule has 0 bridgehead atoms. The third-order valence-electron chi connectivity index (χ3n) is 3.84. The molecule has 0 saturated heterocycles. The first-order chi connectivity index (χ1) is 9.77. The first-order valence-corrected chi connectivity index (χ1v) is 10.4. The number of unbranched alkanes of at least 4 members (excludes halogenated alkanes) is 13. The van der Waals surface area contributed by atoms with Crippen molar-refractivity contribution in [1.82, 2.24) is 4.72 Å². The Labute approximate surface area is 130 Å². The normalized spacial score (nSPS) is 12.7. The monoisotopic (exact) mass is 303 g/mol. The lowest BCUT2D eigenvalue weighted by Crippen LogP contribution is -2.16. The Balaban J connectivity index is 2.94. The molecular formula is C17H37NOS. The molecule has 0 heterocycles. The molecule has 0 saturated carbocycles. The van der Waals surface area contributed by atoms with E-state index in [1.165, 1.54) is 83.5 Å². The van der Waals surface area contributed by atoms with E-state index in [0.717, 1.165) is 13.0 Å². The fourth-order valence-electron chi connectivity index (χ4n) is 2.54. The molecule has 0 aliphatic heterocycles. The zero-order valence-corrected chi connectivity index (χ0v) is 14.7. The van der Waals surface area contributed by atoms with E-state index < -0.39 is 11.0 Å². The van der Waals surface area contributed by atoms with Gasteiger partial charge in [-0.25, -0.2) is 8.93 Å². The van der Waals surface area contributed by atoms with Gasteiger partial charge in [-0.1, -0.05) is 90.4 Å². The Morgan fingerprint density at radius 2 is 1.00 bits per heavy atom. The van der Waals surface area contributed by atoms with Crippen LogP contribution in [0.5, 0.6) is 0 Å². The minimum Gasteiger partial charge on any atom is -0.243 e. The number of nitrogens with one attached hydrogen (secondary N) is 1. The van der Waals surface area contributed by atoms with Crippen molar-refractivity contribution in [3.8, 4) is 0 Å². The Hall–Kier alpha value is 0.110. The third-order valence-corrected chi connectivity index (χ3v) is 4.45. The summed E-state index contributed by atoms with van der Waals surface area (Å²) >= 11 is 0. The van der Waals surface area contributed by atoms with Crippen LogP contribution in [-0.4, -0.2) is 17.0 Å². The largest absolute Gasteiger partial charge is 0.243 e. The predicted octanol–water partition coefficient (Wildman–Crippen LogP) is 5.35. The molecule has 0 radical (unpaired) electrons. The molecule has 2 nitrogen and oxygen atoms in total. The summed E-state index contributed by atoms with van der Waals surface area (Å²) < 4.78 is 13.7. The van der Waals surface area contributed by atoms with Crippen molar-refractivity contribution < 1.29 is 4.21 Å². The van der Waals surface area contributed by atoms with Gasteiger partial charge in [0.25, 0.3) is 0 Å². The molecular weight excluding hydrogens is 266 g/mol. The van der Waals surface area contributed by atoms with Gasteiger partial charge in [-0.2, -0.15) is 0 Å². The summed E-state index contributed by atoms with van der Waals surface area (Å²) in [5.74, 6) is 0. The van der Waals surface area contributed by atoms with Crippen LogP contribution in [0, 0.1) is 0 Å². The standard InChI is InChI=1S/C17H37NOS/c1-3-4-5-6-7-8-9-10-11-12-13-14-15-16-17-18-20(2)19/h18H,3-17H2,1-2H3. The van der Waals surface area contributed by atoms with E-state index in [-0.39, 0.29) is 0 Å². The van der Waals surface area contributed by atoms with Gasteiger partial charge in [0.15, 0.2) is 0 Å². The van der Waals surface area contributed by atoms with Crippen molar-refractivity contribution in [3.05, 3.63) is 0 Å². The maximum Gasteiger partial charge on any atom is 0.0883 e. The van der Waals surface area contributed by atoms with Crippen LogP contribution in [0.3, 0.4) is 0 Å². The molecule has 1 unspecified atom stereocenters. The molecule has 20 heavy (non-hydrogen) atoms. The lowest BCUT2D eigenvalue weighted by atomic mass is 10.0. The molecule has 0 fully saturated rings. The van der Waals surface area contributed by atoms with Crippen LogP contribution < -0.4 is 4.72 Å². The highest BCUT2D eigenvalue weighted by Gasteiger charge is 1.94. The minimum atomic E-state index is -0.832. The maximum atomic E-state index is 10.8. The highest BCUT2D eigenvalue weighted by Crippen LogP contribution is 2.12. The Kier molecular flexibility index (Phi) is 17.3. The molecule has 0 aromatic carbocycles. The highest BCUT2D eigenvalue weighted by atomic mass is 32.2. The van der Waals surface area contributed by atoms with Crippen molar-refractivity contribution in [3.63, 3.8) is 0 Å². The zero-order chi connectivity index (χ0) is 14.9. The van der Waals surface area contributed by atoms with Crippen molar-refractivity contribution in [2.45, 2.75) is 96.8 Å². The van der Waals surface area contributed by atoms with Gasteiger partial charge in [0, 0.05) is 12.8 Å². The van der Waals surface area contributed by atoms with Crippen LogP contribution in [0.4, 0.5) is 0 Å². The second kappa shape index (κ2) is 17.2. The molecule has 0 aromatic heterocycles. The van der Waals surface area contributed by atoms with Crippen molar-refractivity contribution in [1.29, 1.82) is 0 Å². The Morgan fingerprint density at radius 3 is 1.35 bits per heavy atom. The van der Waals surface area contributed by atoms with Crippen molar-refractivity contribution in [2.75, 3.05) is 12.8 Å². The molecule has 1 N–H and O–H groups in total. The lowest BCUT2D eigenvalue weighted by Gasteiger charge is -2.03. The van der Waals surface area contributed by atoms with Crippen molar-refractivity contribution in [2.24, 2.45) is 0 Å². The summed E-state index contributed by atoms with van der Waals surface area (Å²) in [7, 11) is -0.832. The number of hydrogen-bond donors (Lipinski definition) is 1. The number of hydrogen-bond acceptors (Lipinski definition) is 1. The highest BCUT2D eigenvalue weighted by molar-refractivity contribution is 7.82. The van der Waals surface area contributed by atoms with Gasteiger partial charge in [0.1, 0.15) is 0 Å². The maximum absolute atomic E-state index is 10.8. The summed E-state index contributed by atoms with van der Waals surface area (Å²) in [4.78, 5) is 0. The average Bonchev–Trinajstić information content (AvgIpc) is 2.43. The molecule has 3 heteroatoms. The van der Waals surface area contributed by atoms with Gasteiger partial charge in [-0.15, -0.1) is 0 Å². The van der Waals surface area contributed by atoms with E-state index in [2.05, 4.69) is 11.6 Å².